The van der Waals surface area contributed by atoms with Gasteiger partial charge in [0.05, 0.1) is 4.83 Å². The highest BCUT2D eigenvalue weighted by atomic mass is 79.9. The van der Waals surface area contributed by atoms with Crippen molar-refractivity contribution in [2.75, 3.05) is 0 Å². The molecule has 1 atom stereocenters. The van der Waals surface area contributed by atoms with Crippen LogP contribution in [0, 0.1) is 5.92 Å². The summed E-state index contributed by atoms with van der Waals surface area (Å²) in [5.41, 5.74) is 2.75. The minimum atomic E-state index is 0.281. The highest BCUT2D eigenvalue weighted by Crippen LogP contribution is 2.38. The Morgan fingerprint density at radius 1 is 1.00 bits per heavy atom. The Bertz CT molecular complexity index is 692. The minimum Gasteiger partial charge on any atom is -0.139 e. The van der Waals surface area contributed by atoms with Crippen LogP contribution in [-0.4, -0.2) is 0 Å². The Morgan fingerprint density at radius 2 is 1.71 bits per heavy atom. The van der Waals surface area contributed by atoms with E-state index in [1.165, 1.54) is 26.1 Å². The molecule has 21 heavy (non-hydrogen) atoms. The molecule has 1 aromatic heterocycles. The van der Waals surface area contributed by atoms with Crippen LogP contribution in [0.5, 0.6) is 0 Å². The molecule has 2 heteroatoms. The molecule has 0 aliphatic heterocycles. The fourth-order valence-corrected chi connectivity index (χ4v) is 4.37. The molecule has 2 aromatic carbocycles. The number of thiophene rings is 1. The zero-order valence-corrected chi connectivity index (χ0v) is 14.7. The van der Waals surface area contributed by atoms with Crippen LogP contribution >= 0.6 is 27.3 Å². The van der Waals surface area contributed by atoms with Gasteiger partial charge in [0.1, 0.15) is 0 Å². The fraction of sp³-hybridized carbons (Fsp3) is 0.263. The van der Waals surface area contributed by atoms with Crippen molar-refractivity contribution in [2.45, 2.75) is 25.1 Å². The van der Waals surface area contributed by atoms with Gasteiger partial charge in [0.2, 0.25) is 0 Å². The maximum Gasteiger partial charge on any atom is 0.0738 e. The van der Waals surface area contributed by atoms with Crippen LogP contribution in [0.4, 0.5) is 0 Å². The molecule has 3 aromatic rings. The van der Waals surface area contributed by atoms with Gasteiger partial charge in [-0.2, -0.15) is 0 Å². The maximum absolute atomic E-state index is 3.86. The largest absolute Gasteiger partial charge is 0.139 e. The summed E-state index contributed by atoms with van der Waals surface area (Å²) >= 11 is 5.73. The molecule has 0 aliphatic carbocycles. The Hall–Kier alpha value is -1.12. The highest BCUT2D eigenvalue weighted by Gasteiger charge is 2.13. The van der Waals surface area contributed by atoms with Gasteiger partial charge in [-0.3, -0.25) is 0 Å². The summed E-state index contributed by atoms with van der Waals surface area (Å²) in [6.45, 7) is 4.52. The fourth-order valence-electron chi connectivity index (χ4n) is 2.59. The summed E-state index contributed by atoms with van der Waals surface area (Å²) < 4.78 is 1.35. The second kappa shape index (κ2) is 6.33. The molecular formula is C19H19BrS. The molecule has 108 valence electrons. The van der Waals surface area contributed by atoms with Crippen LogP contribution in [-0.2, 0) is 6.42 Å². The summed E-state index contributed by atoms with van der Waals surface area (Å²) in [6, 6.07) is 19.9. The topological polar surface area (TPSA) is 0 Å². The summed E-state index contributed by atoms with van der Waals surface area (Å²) in [5, 5.41) is 1.33. The van der Waals surface area contributed by atoms with Crippen LogP contribution in [0.25, 0.3) is 10.1 Å². The van der Waals surface area contributed by atoms with Crippen molar-refractivity contribution in [3.05, 3.63) is 70.6 Å². The van der Waals surface area contributed by atoms with Crippen molar-refractivity contribution >= 4 is 37.4 Å². The average Bonchev–Trinajstić information content (AvgIpc) is 2.90. The molecule has 0 N–H and O–H groups in total. The van der Waals surface area contributed by atoms with Crippen molar-refractivity contribution in [3.8, 4) is 0 Å². The van der Waals surface area contributed by atoms with Gasteiger partial charge >= 0.3 is 0 Å². The van der Waals surface area contributed by atoms with E-state index in [0.717, 1.165) is 6.42 Å². The molecule has 0 radical (unpaired) electrons. The van der Waals surface area contributed by atoms with E-state index in [-0.39, 0.29) is 4.83 Å². The van der Waals surface area contributed by atoms with Gasteiger partial charge in [-0.25, -0.2) is 0 Å². The molecule has 3 rings (SSSR count). The van der Waals surface area contributed by atoms with Crippen molar-refractivity contribution < 1.29 is 0 Å². The first-order valence-corrected chi connectivity index (χ1v) is 9.08. The summed E-state index contributed by atoms with van der Waals surface area (Å²) in [7, 11) is 0. The van der Waals surface area contributed by atoms with Crippen molar-refractivity contribution in [1.82, 2.24) is 0 Å². The lowest BCUT2D eigenvalue weighted by Crippen LogP contribution is -1.95. The molecule has 0 amide bonds. The maximum atomic E-state index is 3.86. The third kappa shape index (κ3) is 3.38. The first-order chi connectivity index (χ1) is 10.1. The van der Waals surface area contributed by atoms with Gasteiger partial charge in [0.25, 0.3) is 0 Å². The average molecular weight is 359 g/mol. The van der Waals surface area contributed by atoms with E-state index in [0.29, 0.717) is 5.92 Å². The highest BCUT2D eigenvalue weighted by molar-refractivity contribution is 9.09. The Balaban J connectivity index is 1.85. The van der Waals surface area contributed by atoms with Crippen LogP contribution in [0.15, 0.2) is 54.6 Å². The molecule has 1 heterocycles. The molecule has 1 unspecified atom stereocenters. The van der Waals surface area contributed by atoms with E-state index in [1.54, 1.807) is 0 Å². The zero-order valence-electron chi connectivity index (χ0n) is 12.3. The summed E-state index contributed by atoms with van der Waals surface area (Å²) in [5.74, 6) is 0.707. The van der Waals surface area contributed by atoms with Crippen LogP contribution in [0.1, 0.15) is 34.7 Å². The van der Waals surface area contributed by atoms with E-state index in [1.807, 2.05) is 11.3 Å². The Labute approximate surface area is 139 Å². The Kier molecular flexibility index (Phi) is 4.46. The minimum absolute atomic E-state index is 0.281. The van der Waals surface area contributed by atoms with Crippen LogP contribution in [0.3, 0.4) is 0 Å². The van der Waals surface area contributed by atoms with E-state index in [4.69, 9.17) is 0 Å². The van der Waals surface area contributed by atoms with E-state index in [2.05, 4.69) is 84.4 Å². The molecule has 0 nitrogen and oxygen atoms in total. The van der Waals surface area contributed by atoms with Crippen LogP contribution < -0.4 is 0 Å². The van der Waals surface area contributed by atoms with Crippen molar-refractivity contribution in [1.29, 1.82) is 0 Å². The van der Waals surface area contributed by atoms with Gasteiger partial charge in [-0.1, -0.05) is 72.2 Å². The molecule has 0 saturated carbocycles. The second-order valence-electron chi connectivity index (χ2n) is 5.89. The number of alkyl halides is 1. The number of fused-ring (bicyclic) bond motifs is 1. The molecule has 0 aliphatic rings. The lowest BCUT2D eigenvalue weighted by atomic mass is 10.0. The van der Waals surface area contributed by atoms with Gasteiger partial charge in [-0.05, 0) is 41.0 Å². The summed E-state index contributed by atoms with van der Waals surface area (Å²) in [6.07, 6.45) is 1.15. The number of hydrogen-bond acceptors (Lipinski definition) is 1. The zero-order chi connectivity index (χ0) is 14.8. The number of halogens is 1. The standard InChI is InChI=1S/C19H19BrS/c1-13(2)11-14-7-9-15(10-8-14)19(20)18-12-16-5-3-4-6-17(16)21-18/h3-10,12-13,19H,11H2,1-2H3. The van der Waals surface area contributed by atoms with Gasteiger partial charge < -0.3 is 0 Å². The number of benzene rings is 2. The molecule has 0 fully saturated rings. The first-order valence-electron chi connectivity index (χ1n) is 7.35. The third-order valence-electron chi connectivity index (χ3n) is 3.61. The van der Waals surface area contributed by atoms with Gasteiger partial charge in [-0.15, -0.1) is 11.3 Å². The third-order valence-corrected chi connectivity index (χ3v) is 6.12. The van der Waals surface area contributed by atoms with Gasteiger partial charge in [0.15, 0.2) is 0 Å². The molecule has 0 saturated heterocycles. The number of rotatable bonds is 4. The Morgan fingerprint density at radius 3 is 2.38 bits per heavy atom. The molecular weight excluding hydrogens is 340 g/mol. The quantitative estimate of drug-likeness (QED) is 0.461. The lowest BCUT2D eigenvalue weighted by molar-refractivity contribution is 0.647. The monoisotopic (exact) mass is 358 g/mol. The first kappa shape index (κ1) is 14.8. The predicted molar refractivity (Wildman–Crippen MR) is 97.6 cm³/mol. The molecule has 0 spiro atoms. The second-order valence-corrected chi connectivity index (χ2v) is 7.92. The number of hydrogen-bond donors (Lipinski definition) is 0. The summed E-state index contributed by atoms with van der Waals surface area (Å²) in [4.78, 5) is 1.65. The SMILES string of the molecule is CC(C)Cc1ccc(C(Br)c2cc3ccccc3s2)cc1. The van der Waals surface area contributed by atoms with E-state index >= 15 is 0 Å². The smallest absolute Gasteiger partial charge is 0.0738 e. The lowest BCUT2D eigenvalue weighted by Gasteiger charge is -2.10. The van der Waals surface area contributed by atoms with Crippen molar-refractivity contribution in [2.24, 2.45) is 5.92 Å². The molecule has 0 bridgehead atoms. The van der Waals surface area contributed by atoms with Crippen LogP contribution in [0.2, 0.25) is 0 Å². The van der Waals surface area contributed by atoms with Crippen molar-refractivity contribution in [3.63, 3.8) is 0 Å². The van der Waals surface area contributed by atoms with Gasteiger partial charge in [0, 0.05) is 9.58 Å². The normalized spacial score (nSPS) is 13.0. The predicted octanol–water partition coefficient (Wildman–Crippen LogP) is 6.58. The van der Waals surface area contributed by atoms with E-state index < -0.39 is 0 Å². The van der Waals surface area contributed by atoms with E-state index in [9.17, 15) is 0 Å².